The van der Waals surface area contributed by atoms with Crippen molar-refractivity contribution < 1.29 is 4.79 Å². The molecule has 0 saturated heterocycles. The molecule has 1 aromatic heterocycles. The van der Waals surface area contributed by atoms with E-state index in [-0.39, 0.29) is 5.91 Å². The van der Waals surface area contributed by atoms with Crippen LogP contribution in [0.5, 0.6) is 0 Å². The van der Waals surface area contributed by atoms with Crippen LogP contribution in [0, 0.1) is 12.8 Å². The van der Waals surface area contributed by atoms with Crippen LogP contribution in [-0.4, -0.2) is 22.7 Å². The number of thiazole rings is 1. The third kappa shape index (κ3) is 5.15. The lowest BCUT2D eigenvalue weighted by atomic mass is 9.87. The summed E-state index contributed by atoms with van der Waals surface area (Å²) < 4.78 is 0. The van der Waals surface area contributed by atoms with Crippen molar-refractivity contribution in [3.63, 3.8) is 0 Å². The zero-order valence-electron chi connectivity index (χ0n) is 11.6. The summed E-state index contributed by atoms with van der Waals surface area (Å²) in [4.78, 5) is 16.2. The highest BCUT2D eigenvalue weighted by Gasteiger charge is 2.19. The van der Waals surface area contributed by atoms with Gasteiger partial charge in [-0.05, 0) is 38.5 Å². The van der Waals surface area contributed by atoms with E-state index in [4.69, 9.17) is 0 Å². The summed E-state index contributed by atoms with van der Waals surface area (Å²) in [5.74, 6) is 2.38. The Labute approximate surface area is 123 Å². The van der Waals surface area contributed by atoms with Crippen LogP contribution in [0.3, 0.4) is 0 Å². The Bertz CT molecular complexity index is 411. The first kappa shape index (κ1) is 14.9. The van der Waals surface area contributed by atoms with Crippen molar-refractivity contribution in [2.24, 2.45) is 5.92 Å². The molecule has 5 heteroatoms. The fraction of sp³-hybridized carbons (Fsp3) is 0.714. The van der Waals surface area contributed by atoms with Gasteiger partial charge >= 0.3 is 0 Å². The van der Waals surface area contributed by atoms with E-state index in [2.05, 4.69) is 22.6 Å². The number of hydrogen-bond donors (Lipinski definition) is 1. The van der Waals surface area contributed by atoms with E-state index in [1.54, 1.807) is 23.1 Å². The fourth-order valence-electron chi connectivity index (χ4n) is 2.40. The predicted molar refractivity (Wildman–Crippen MR) is 82.6 cm³/mol. The zero-order valence-corrected chi connectivity index (χ0v) is 13.3. The Hall–Kier alpha value is -0.550. The van der Waals surface area contributed by atoms with E-state index in [9.17, 15) is 4.79 Å². The number of thioether (sulfide) groups is 1. The topological polar surface area (TPSA) is 42.0 Å². The van der Waals surface area contributed by atoms with Crippen molar-refractivity contribution in [2.45, 2.75) is 51.3 Å². The molecule has 1 fully saturated rings. The first-order chi connectivity index (χ1) is 9.13. The highest BCUT2D eigenvalue weighted by atomic mass is 32.2. The molecule has 1 saturated carbocycles. The molecule has 1 aromatic rings. The van der Waals surface area contributed by atoms with Gasteiger partial charge in [0.1, 0.15) is 0 Å². The summed E-state index contributed by atoms with van der Waals surface area (Å²) in [6.07, 6.45) is 4.78. The van der Waals surface area contributed by atoms with Crippen molar-refractivity contribution in [3.05, 3.63) is 16.1 Å². The molecule has 106 valence electrons. The zero-order chi connectivity index (χ0) is 13.7. The second kappa shape index (κ2) is 7.29. The van der Waals surface area contributed by atoms with Crippen LogP contribution < -0.4 is 5.32 Å². The van der Waals surface area contributed by atoms with Crippen molar-refractivity contribution in [3.8, 4) is 0 Å². The monoisotopic (exact) mass is 298 g/mol. The minimum atomic E-state index is 0.177. The van der Waals surface area contributed by atoms with Crippen LogP contribution >= 0.6 is 23.1 Å². The maximum Gasteiger partial charge on any atom is 0.230 e. The van der Waals surface area contributed by atoms with E-state index < -0.39 is 0 Å². The van der Waals surface area contributed by atoms with Gasteiger partial charge in [-0.15, -0.1) is 23.1 Å². The van der Waals surface area contributed by atoms with Crippen molar-refractivity contribution in [1.29, 1.82) is 0 Å². The SMILES string of the molecule is Cc1nc(CSCC(=O)NC2CCC(C)CC2)cs1. The quantitative estimate of drug-likeness (QED) is 0.906. The molecule has 0 spiro atoms. The molecule has 1 heterocycles. The molecule has 0 aromatic carbocycles. The molecule has 2 rings (SSSR count). The molecular formula is C14H22N2OS2. The van der Waals surface area contributed by atoms with Crippen LogP contribution in [0.1, 0.15) is 43.3 Å². The Kier molecular flexibility index (Phi) is 5.70. The molecule has 1 aliphatic rings. The minimum Gasteiger partial charge on any atom is -0.353 e. The fourth-order valence-corrected chi connectivity index (χ4v) is 3.84. The number of carbonyl (C=O) groups excluding carboxylic acids is 1. The lowest BCUT2D eigenvalue weighted by molar-refractivity contribution is -0.119. The number of hydrogen-bond acceptors (Lipinski definition) is 4. The largest absolute Gasteiger partial charge is 0.353 e. The van der Waals surface area contributed by atoms with Crippen LogP contribution in [-0.2, 0) is 10.5 Å². The van der Waals surface area contributed by atoms with Crippen LogP contribution in [0.4, 0.5) is 0 Å². The van der Waals surface area contributed by atoms with Crippen LogP contribution in [0.15, 0.2) is 5.38 Å². The summed E-state index contributed by atoms with van der Waals surface area (Å²) in [5, 5.41) is 6.32. The normalized spacial score (nSPS) is 23.3. The molecule has 0 atom stereocenters. The molecule has 1 amide bonds. The van der Waals surface area contributed by atoms with Crippen LogP contribution in [0.25, 0.3) is 0 Å². The standard InChI is InChI=1S/C14H22N2OS2/c1-10-3-5-12(6-4-10)16-14(17)9-18-7-13-8-19-11(2)15-13/h8,10,12H,3-7,9H2,1-2H3,(H,16,17). The van der Waals surface area contributed by atoms with E-state index in [1.807, 2.05) is 6.92 Å². The van der Waals surface area contributed by atoms with E-state index in [0.717, 1.165) is 35.2 Å². The third-order valence-corrected chi connectivity index (χ3v) is 5.32. The van der Waals surface area contributed by atoms with Gasteiger partial charge < -0.3 is 5.32 Å². The lowest BCUT2D eigenvalue weighted by Crippen LogP contribution is -2.38. The Morgan fingerprint density at radius 1 is 1.47 bits per heavy atom. The first-order valence-electron chi connectivity index (χ1n) is 6.91. The van der Waals surface area contributed by atoms with Gasteiger partial charge in [-0.3, -0.25) is 4.79 Å². The summed E-state index contributed by atoms with van der Waals surface area (Å²) >= 11 is 3.32. The second-order valence-corrected chi connectivity index (χ2v) is 7.42. The summed E-state index contributed by atoms with van der Waals surface area (Å²) in [7, 11) is 0. The van der Waals surface area contributed by atoms with Gasteiger partial charge in [-0.1, -0.05) is 6.92 Å². The van der Waals surface area contributed by atoms with Crippen molar-refractivity contribution in [1.82, 2.24) is 10.3 Å². The average Bonchev–Trinajstić information content (AvgIpc) is 2.78. The number of aromatic nitrogens is 1. The maximum absolute atomic E-state index is 11.8. The van der Waals surface area contributed by atoms with E-state index >= 15 is 0 Å². The molecule has 0 bridgehead atoms. The lowest BCUT2D eigenvalue weighted by Gasteiger charge is -2.26. The molecule has 1 N–H and O–H groups in total. The number of amides is 1. The number of rotatable bonds is 5. The minimum absolute atomic E-state index is 0.177. The van der Waals surface area contributed by atoms with Gasteiger partial charge in [0.05, 0.1) is 16.5 Å². The maximum atomic E-state index is 11.8. The predicted octanol–water partition coefficient (Wildman–Crippen LogP) is 3.38. The number of nitrogens with zero attached hydrogens (tertiary/aromatic N) is 1. The summed E-state index contributed by atoms with van der Waals surface area (Å²) in [6.45, 7) is 4.30. The number of nitrogens with one attached hydrogen (secondary N) is 1. The van der Waals surface area contributed by atoms with Crippen LogP contribution in [0.2, 0.25) is 0 Å². The van der Waals surface area contributed by atoms with Gasteiger partial charge in [-0.2, -0.15) is 0 Å². The smallest absolute Gasteiger partial charge is 0.230 e. The highest BCUT2D eigenvalue weighted by molar-refractivity contribution is 7.99. The van der Waals surface area contributed by atoms with Crippen molar-refractivity contribution >= 4 is 29.0 Å². The van der Waals surface area contributed by atoms with Gasteiger partial charge in [0.25, 0.3) is 0 Å². The Morgan fingerprint density at radius 2 is 2.21 bits per heavy atom. The molecular weight excluding hydrogens is 276 g/mol. The van der Waals surface area contributed by atoms with Gasteiger partial charge in [0, 0.05) is 17.2 Å². The molecule has 0 radical (unpaired) electrons. The number of aryl methyl sites for hydroxylation is 1. The highest BCUT2D eigenvalue weighted by Crippen LogP contribution is 2.23. The molecule has 1 aliphatic carbocycles. The van der Waals surface area contributed by atoms with E-state index in [0.29, 0.717) is 11.8 Å². The van der Waals surface area contributed by atoms with Crippen molar-refractivity contribution in [2.75, 3.05) is 5.75 Å². The first-order valence-corrected chi connectivity index (χ1v) is 8.95. The number of carbonyl (C=O) groups is 1. The van der Waals surface area contributed by atoms with Gasteiger partial charge in [0.15, 0.2) is 0 Å². The second-order valence-electron chi connectivity index (χ2n) is 5.37. The summed E-state index contributed by atoms with van der Waals surface area (Å²) in [6, 6.07) is 0.408. The molecule has 0 unspecified atom stereocenters. The molecule has 19 heavy (non-hydrogen) atoms. The molecule has 0 aliphatic heterocycles. The van der Waals surface area contributed by atoms with Gasteiger partial charge in [-0.25, -0.2) is 4.98 Å². The van der Waals surface area contributed by atoms with E-state index in [1.165, 1.54) is 12.8 Å². The Balaban J connectivity index is 1.62. The third-order valence-electron chi connectivity index (χ3n) is 3.53. The van der Waals surface area contributed by atoms with Gasteiger partial charge in [0.2, 0.25) is 5.91 Å². The summed E-state index contributed by atoms with van der Waals surface area (Å²) in [5.41, 5.74) is 1.09. The Morgan fingerprint density at radius 3 is 2.84 bits per heavy atom. The molecule has 3 nitrogen and oxygen atoms in total. The average molecular weight is 298 g/mol.